The van der Waals surface area contributed by atoms with E-state index in [-0.39, 0.29) is 18.4 Å². The summed E-state index contributed by atoms with van der Waals surface area (Å²) >= 11 is 0. The summed E-state index contributed by atoms with van der Waals surface area (Å²) in [4.78, 5) is 2.27. The fourth-order valence-corrected chi connectivity index (χ4v) is 5.83. The van der Waals surface area contributed by atoms with Crippen LogP contribution in [0.15, 0.2) is 48.6 Å². The van der Waals surface area contributed by atoms with Crippen molar-refractivity contribution in [3.8, 4) is 0 Å². The second kappa shape index (κ2) is 7.68. The Balaban J connectivity index is 1.90. The van der Waals surface area contributed by atoms with Gasteiger partial charge < -0.3 is 4.90 Å². The molecule has 1 saturated carbocycles. The van der Waals surface area contributed by atoms with Gasteiger partial charge in [0.25, 0.3) is 0 Å². The molecule has 3 unspecified atom stereocenters. The minimum Gasteiger partial charge on any atom is -0.368 e. The highest BCUT2D eigenvalue weighted by molar-refractivity contribution is 5.76. The molecule has 0 radical (unpaired) electrons. The average molecular weight is 408 g/mol. The number of rotatable bonds is 3. The Morgan fingerprint density at radius 1 is 1.20 bits per heavy atom. The molecule has 1 fully saturated rings. The molecule has 4 rings (SSSR count). The lowest BCUT2D eigenvalue weighted by atomic mass is 9.80. The van der Waals surface area contributed by atoms with Crippen molar-refractivity contribution in [2.24, 2.45) is 5.92 Å². The number of alkyl halides is 2. The highest BCUT2D eigenvalue weighted by Gasteiger charge is 2.44. The fourth-order valence-electron chi connectivity index (χ4n) is 5.83. The van der Waals surface area contributed by atoms with E-state index in [1.54, 1.807) is 0 Å². The number of halogens is 2. The molecule has 3 atom stereocenters. The zero-order valence-corrected chi connectivity index (χ0v) is 18.6. The maximum absolute atomic E-state index is 13.4. The van der Waals surface area contributed by atoms with E-state index in [1.165, 1.54) is 27.8 Å². The lowest BCUT2D eigenvalue weighted by molar-refractivity contribution is 0.148. The van der Waals surface area contributed by atoms with Gasteiger partial charge in [-0.05, 0) is 72.4 Å². The predicted octanol–water partition coefficient (Wildman–Crippen LogP) is 6.99. The number of aryl methyl sites for hydroxylation is 2. The van der Waals surface area contributed by atoms with E-state index in [1.807, 2.05) is 12.1 Å². The molecule has 1 aliphatic heterocycles. The predicted molar refractivity (Wildman–Crippen MR) is 122 cm³/mol. The van der Waals surface area contributed by atoms with Crippen LogP contribution >= 0.6 is 0 Å². The van der Waals surface area contributed by atoms with Crippen molar-refractivity contribution >= 4 is 11.3 Å². The Morgan fingerprint density at radius 2 is 1.93 bits per heavy atom. The van der Waals surface area contributed by atoms with Crippen LogP contribution in [-0.4, -0.2) is 24.4 Å². The zero-order chi connectivity index (χ0) is 21.7. The average Bonchev–Trinajstić information content (AvgIpc) is 2.97. The van der Waals surface area contributed by atoms with Gasteiger partial charge in [-0.3, -0.25) is 0 Å². The highest BCUT2D eigenvalue weighted by Crippen LogP contribution is 2.53. The first-order valence-corrected chi connectivity index (χ1v) is 10.8. The van der Waals surface area contributed by atoms with Crippen LogP contribution in [-0.2, 0) is 6.42 Å². The molecule has 0 spiro atoms. The fraction of sp³-hybridized carbons (Fsp3) is 0.407. The largest absolute Gasteiger partial charge is 0.368 e. The summed E-state index contributed by atoms with van der Waals surface area (Å²) in [5.41, 5.74) is 10.4. The Hall–Kier alpha value is -2.42. The van der Waals surface area contributed by atoms with Crippen molar-refractivity contribution in [1.82, 2.24) is 4.90 Å². The van der Waals surface area contributed by atoms with Gasteiger partial charge in [0.1, 0.15) is 0 Å². The summed E-state index contributed by atoms with van der Waals surface area (Å²) in [5, 5.41) is 0. The molecule has 2 aliphatic rings. The second-order valence-electron chi connectivity index (χ2n) is 9.08. The van der Waals surface area contributed by atoms with Crippen molar-refractivity contribution in [1.29, 1.82) is 0 Å². The first kappa shape index (κ1) is 20.8. The Labute approximate surface area is 179 Å². The van der Waals surface area contributed by atoms with Crippen molar-refractivity contribution < 1.29 is 8.78 Å². The molecule has 0 N–H and O–H groups in total. The van der Waals surface area contributed by atoms with Gasteiger partial charge in [-0.1, -0.05) is 55.5 Å². The first-order chi connectivity index (χ1) is 14.2. The van der Waals surface area contributed by atoms with E-state index in [9.17, 15) is 8.78 Å². The molecule has 0 amide bonds. The van der Waals surface area contributed by atoms with Crippen molar-refractivity contribution in [2.45, 2.75) is 58.9 Å². The summed E-state index contributed by atoms with van der Waals surface area (Å²) < 4.78 is 26.7. The standard InChI is InChI=1S/C27H31F2N/c1-15-10-11-21(16(2)12-15)17(3)26-18(4)23-14-24(26)30(6)19(5)22-9-7-8-20(27(22)23)13-25(28)29/h7-12,18,23-25H,5,13-14H2,1-4,6H3/b26-17+. The van der Waals surface area contributed by atoms with Crippen LogP contribution in [0.25, 0.3) is 11.3 Å². The highest BCUT2D eigenvalue weighted by atomic mass is 19.3. The van der Waals surface area contributed by atoms with Crippen molar-refractivity contribution in [3.63, 3.8) is 0 Å². The lowest BCUT2D eigenvalue weighted by Gasteiger charge is -2.33. The van der Waals surface area contributed by atoms with E-state index in [2.05, 4.69) is 70.5 Å². The van der Waals surface area contributed by atoms with Crippen LogP contribution in [0.4, 0.5) is 8.78 Å². The van der Waals surface area contributed by atoms with Crippen LogP contribution in [0.5, 0.6) is 0 Å². The SMILES string of the molecule is C=C1c2cccc(CC(F)F)c2C2CC(/C(=C(\C)c3ccc(C)cc3C)C2C)N1C. The van der Waals surface area contributed by atoms with E-state index >= 15 is 0 Å². The van der Waals surface area contributed by atoms with Crippen molar-refractivity contribution in [2.75, 3.05) is 7.05 Å². The van der Waals surface area contributed by atoms with Gasteiger partial charge in [-0.2, -0.15) is 0 Å². The molecule has 2 bridgehead atoms. The topological polar surface area (TPSA) is 3.24 Å². The molecule has 1 aliphatic carbocycles. The normalized spacial score (nSPS) is 24.9. The minimum atomic E-state index is -2.34. The Morgan fingerprint density at radius 3 is 2.60 bits per heavy atom. The molecule has 158 valence electrons. The molecule has 0 saturated heterocycles. The summed E-state index contributed by atoms with van der Waals surface area (Å²) in [7, 11) is 2.10. The van der Waals surface area contributed by atoms with Gasteiger partial charge in [0, 0.05) is 24.7 Å². The lowest BCUT2D eigenvalue weighted by Crippen LogP contribution is -2.30. The number of fused-ring (bicyclic) bond motifs is 4. The molecule has 3 heteroatoms. The summed E-state index contributed by atoms with van der Waals surface area (Å²) in [6.45, 7) is 13.2. The summed E-state index contributed by atoms with van der Waals surface area (Å²) in [5.74, 6) is 0.529. The molecule has 2 aromatic carbocycles. The third-order valence-corrected chi connectivity index (χ3v) is 7.29. The van der Waals surface area contributed by atoms with Gasteiger partial charge in [-0.15, -0.1) is 0 Å². The van der Waals surface area contributed by atoms with Gasteiger partial charge in [-0.25, -0.2) is 8.78 Å². The number of hydrogen-bond acceptors (Lipinski definition) is 1. The van der Waals surface area contributed by atoms with Crippen LogP contribution in [0, 0.1) is 19.8 Å². The molecule has 1 nitrogen and oxygen atoms in total. The third-order valence-electron chi connectivity index (χ3n) is 7.29. The summed E-state index contributed by atoms with van der Waals surface area (Å²) in [6, 6.07) is 12.7. The number of allylic oxidation sites excluding steroid dienone is 1. The van der Waals surface area contributed by atoms with Gasteiger partial charge in [0.2, 0.25) is 6.43 Å². The zero-order valence-electron chi connectivity index (χ0n) is 18.6. The van der Waals surface area contributed by atoms with E-state index < -0.39 is 6.43 Å². The number of likely N-dealkylation sites (N-methyl/N-ethyl adjacent to an activating group) is 1. The molecular weight excluding hydrogens is 376 g/mol. The Kier molecular flexibility index (Phi) is 5.34. The third kappa shape index (κ3) is 3.29. The summed E-state index contributed by atoms with van der Waals surface area (Å²) in [6.07, 6.45) is -1.59. The maximum atomic E-state index is 13.4. The monoisotopic (exact) mass is 407 g/mol. The van der Waals surface area contributed by atoms with Gasteiger partial charge in [0.05, 0.1) is 6.04 Å². The molecule has 1 heterocycles. The van der Waals surface area contributed by atoms with Gasteiger partial charge in [0.15, 0.2) is 0 Å². The van der Waals surface area contributed by atoms with E-state index in [0.29, 0.717) is 5.92 Å². The Bertz CT molecular complexity index is 1030. The minimum absolute atomic E-state index is 0.191. The molecule has 0 aromatic heterocycles. The smallest absolute Gasteiger partial charge is 0.242 e. The van der Waals surface area contributed by atoms with Gasteiger partial charge >= 0.3 is 0 Å². The number of benzene rings is 2. The molecule has 30 heavy (non-hydrogen) atoms. The number of hydrogen-bond donors (Lipinski definition) is 0. The number of nitrogens with zero attached hydrogens (tertiary/aromatic N) is 1. The van der Waals surface area contributed by atoms with Crippen LogP contribution in [0.2, 0.25) is 0 Å². The second-order valence-corrected chi connectivity index (χ2v) is 9.08. The van der Waals surface area contributed by atoms with Crippen LogP contribution < -0.4 is 0 Å². The maximum Gasteiger partial charge on any atom is 0.242 e. The molecule has 2 aromatic rings. The van der Waals surface area contributed by atoms with E-state index in [0.717, 1.165) is 28.8 Å². The van der Waals surface area contributed by atoms with Crippen LogP contribution in [0.3, 0.4) is 0 Å². The first-order valence-electron chi connectivity index (χ1n) is 10.8. The van der Waals surface area contributed by atoms with Crippen molar-refractivity contribution in [3.05, 3.63) is 81.9 Å². The quantitative estimate of drug-likeness (QED) is 0.530. The van der Waals surface area contributed by atoms with Crippen LogP contribution in [0.1, 0.15) is 59.6 Å². The molecular formula is C27H31F2N. The van der Waals surface area contributed by atoms with E-state index in [4.69, 9.17) is 0 Å².